The van der Waals surface area contributed by atoms with Crippen LogP contribution in [-0.4, -0.2) is 32.5 Å². The van der Waals surface area contributed by atoms with E-state index in [9.17, 15) is 0 Å². The molecule has 3 heterocycles. The van der Waals surface area contributed by atoms with Gasteiger partial charge in [0, 0.05) is 61.3 Å². The van der Waals surface area contributed by atoms with Crippen LogP contribution in [0.25, 0.3) is 11.4 Å². The molecule has 6 nitrogen and oxygen atoms in total. The average molecular weight is 375 g/mol. The van der Waals surface area contributed by atoms with Gasteiger partial charge in [0.1, 0.15) is 0 Å². The maximum Gasteiger partial charge on any atom is 0.213 e. The third kappa shape index (κ3) is 4.28. The summed E-state index contributed by atoms with van der Waals surface area (Å²) in [5, 5.41) is 0. The van der Waals surface area contributed by atoms with Gasteiger partial charge in [-0.3, -0.25) is 4.90 Å². The molecule has 2 aromatic heterocycles. The molecule has 144 valence electrons. The molecule has 0 unspecified atom stereocenters. The molecular weight excluding hydrogens is 350 g/mol. The van der Waals surface area contributed by atoms with Crippen molar-refractivity contribution in [2.75, 3.05) is 12.3 Å². The molecule has 0 atom stereocenters. The van der Waals surface area contributed by atoms with E-state index in [1.54, 1.807) is 0 Å². The fourth-order valence-electron chi connectivity index (χ4n) is 3.35. The summed E-state index contributed by atoms with van der Waals surface area (Å²) in [6, 6.07) is 11.7. The summed E-state index contributed by atoms with van der Waals surface area (Å²) in [6.45, 7) is 6.67. The molecule has 0 fully saturated rings. The molecule has 1 aromatic carbocycles. The smallest absolute Gasteiger partial charge is 0.213 e. The number of nitrogen functional groups attached to an aromatic ring is 1. The van der Waals surface area contributed by atoms with Crippen LogP contribution in [0.3, 0.4) is 0 Å². The zero-order chi connectivity index (χ0) is 19.5. The molecule has 0 aliphatic carbocycles. The summed E-state index contributed by atoms with van der Waals surface area (Å²) < 4.78 is 5.61. The highest BCUT2D eigenvalue weighted by atomic mass is 16.5. The molecule has 0 bridgehead atoms. The lowest BCUT2D eigenvalue weighted by Gasteiger charge is -2.28. The Kier molecular flexibility index (Phi) is 5.21. The van der Waals surface area contributed by atoms with E-state index in [0.29, 0.717) is 5.88 Å². The van der Waals surface area contributed by atoms with Crippen LogP contribution in [0.15, 0.2) is 48.8 Å². The lowest BCUT2D eigenvalue weighted by Crippen LogP contribution is -2.31. The maximum atomic E-state index is 5.77. The lowest BCUT2D eigenvalue weighted by atomic mass is 10.1. The molecular formula is C22H25N5O. The largest absolute Gasteiger partial charge is 0.475 e. The highest BCUT2D eigenvalue weighted by Gasteiger charge is 2.19. The predicted molar refractivity (Wildman–Crippen MR) is 110 cm³/mol. The Morgan fingerprint density at radius 2 is 1.89 bits per heavy atom. The number of fused-ring (bicyclic) bond motifs is 1. The van der Waals surface area contributed by atoms with E-state index in [-0.39, 0.29) is 6.10 Å². The molecule has 4 rings (SSSR count). The second-order valence-electron chi connectivity index (χ2n) is 7.42. The van der Waals surface area contributed by atoms with Crippen LogP contribution < -0.4 is 10.5 Å². The topological polar surface area (TPSA) is 77.2 Å². The summed E-state index contributed by atoms with van der Waals surface area (Å²) in [7, 11) is 0. The zero-order valence-electron chi connectivity index (χ0n) is 16.3. The number of hydrogen-bond donors (Lipinski definition) is 1. The van der Waals surface area contributed by atoms with Crippen LogP contribution in [-0.2, 0) is 19.5 Å². The van der Waals surface area contributed by atoms with E-state index in [4.69, 9.17) is 15.5 Å². The Bertz CT molecular complexity index is 938. The van der Waals surface area contributed by atoms with Crippen molar-refractivity contribution in [2.45, 2.75) is 39.5 Å². The van der Waals surface area contributed by atoms with E-state index in [1.165, 1.54) is 11.1 Å². The molecule has 2 N–H and O–H groups in total. The first-order valence-corrected chi connectivity index (χ1v) is 9.61. The highest BCUT2D eigenvalue weighted by molar-refractivity contribution is 5.58. The molecule has 3 aromatic rings. The monoisotopic (exact) mass is 375 g/mol. The maximum absolute atomic E-state index is 5.77. The van der Waals surface area contributed by atoms with Gasteiger partial charge < -0.3 is 10.5 Å². The van der Waals surface area contributed by atoms with Crippen molar-refractivity contribution < 1.29 is 4.74 Å². The molecule has 0 spiro atoms. The van der Waals surface area contributed by atoms with Gasteiger partial charge in [-0.25, -0.2) is 15.0 Å². The van der Waals surface area contributed by atoms with Gasteiger partial charge in [-0.15, -0.1) is 0 Å². The number of rotatable bonds is 5. The normalized spacial score (nSPS) is 14.1. The minimum Gasteiger partial charge on any atom is -0.475 e. The first-order valence-electron chi connectivity index (χ1n) is 9.61. The van der Waals surface area contributed by atoms with Gasteiger partial charge in [-0.1, -0.05) is 6.07 Å². The third-order valence-electron chi connectivity index (χ3n) is 4.74. The number of ether oxygens (including phenoxy) is 1. The van der Waals surface area contributed by atoms with Gasteiger partial charge in [0.15, 0.2) is 5.82 Å². The van der Waals surface area contributed by atoms with Crippen molar-refractivity contribution in [3.8, 4) is 17.3 Å². The third-order valence-corrected chi connectivity index (χ3v) is 4.74. The fourth-order valence-corrected chi connectivity index (χ4v) is 3.35. The summed E-state index contributed by atoms with van der Waals surface area (Å²) >= 11 is 0. The second-order valence-corrected chi connectivity index (χ2v) is 7.42. The number of pyridine rings is 1. The van der Waals surface area contributed by atoms with Crippen LogP contribution in [0.2, 0.25) is 0 Å². The van der Waals surface area contributed by atoms with E-state index in [0.717, 1.165) is 48.8 Å². The molecule has 1 aliphatic rings. The lowest BCUT2D eigenvalue weighted by molar-refractivity contribution is 0.230. The summed E-state index contributed by atoms with van der Waals surface area (Å²) in [4.78, 5) is 16.1. The highest BCUT2D eigenvalue weighted by Crippen LogP contribution is 2.23. The zero-order valence-corrected chi connectivity index (χ0v) is 16.3. The standard InChI is InChI=1S/C22H25N5O/c1-15(2)28-21-8-3-16(11-24-21)13-27-10-9-20-18(14-27)12-25-22(26-20)17-4-6-19(23)7-5-17/h3-8,11-12,15H,9-10,13-14,23H2,1-2H3. The Labute approximate surface area is 165 Å². The molecule has 0 radical (unpaired) electrons. The summed E-state index contributed by atoms with van der Waals surface area (Å²) in [6.07, 6.45) is 4.91. The Morgan fingerprint density at radius 3 is 2.61 bits per heavy atom. The number of hydrogen-bond acceptors (Lipinski definition) is 6. The Balaban J connectivity index is 1.43. The van der Waals surface area contributed by atoms with Crippen LogP contribution in [0.1, 0.15) is 30.7 Å². The van der Waals surface area contributed by atoms with Gasteiger partial charge in [-0.2, -0.15) is 0 Å². The molecule has 6 heteroatoms. The SMILES string of the molecule is CC(C)Oc1ccc(CN2CCc3nc(-c4ccc(N)cc4)ncc3C2)cn1. The second kappa shape index (κ2) is 7.94. The van der Waals surface area contributed by atoms with Gasteiger partial charge in [-0.05, 0) is 43.7 Å². The average Bonchev–Trinajstić information content (AvgIpc) is 2.69. The van der Waals surface area contributed by atoms with E-state index in [2.05, 4.69) is 20.9 Å². The molecule has 0 amide bonds. The molecule has 0 saturated carbocycles. The van der Waals surface area contributed by atoms with Crippen molar-refractivity contribution in [3.63, 3.8) is 0 Å². The first kappa shape index (κ1) is 18.4. The number of benzene rings is 1. The van der Waals surface area contributed by atoms with Gasteiger partial charge in [0.25, 0.3) is 0 Å². The summed E-state index contributed by atoms with van der Waals surface area (Å²) in [5.74, 6) is 1.43. The van der Waals surface area contributed by atoms with E-state index < -0.39 is 0 Å². The van der Waals surface area contributed by atoms with Crippen molar-refractivity contribution in [1.29, 1.82) is 0 Å². The van der Waals surface area contributed by atoms with E-state index >= 15 is 0 Å². The molecule has 0 saturated heterocycles. The van der Waals surface area contributed by atoms with Crippen LogP contribution >= 0.6 is 0 Å². The van der Waals surface area contributed by atoms with Crippen LogP contribution in [0, 0.1) is 0 Å². The minimum absolute atomic E-state index is 0.134. The predicted octanol–water partition coefficient (Wildman–Crippen LogP) is 3.47. The van der Waals surface area contributed by atoms with Gasteiger partial charge in [0.2, 0.25) is 5.88 Å². The van der Waals surface area contributed by atoms with Gasteiger partial charge >= 0.3 is 0 Å². The molecule has 1 aliphatic heterocycles. The van der Waals surface area contributed by atoms with Crippen molar-refractivity contribution in [3.05, 3.63) is 65.6 Å². The number of anilines is 1. The van der Waals surface area contributed by atoms with Gasteiger partial charge in [0.05, 0.1) is 11.8 Å². The number of aromatic nitrogens is 3. The van der Waals surface area contributed by atoms with Crippen molar-refractivity contribution in [2.24, 2.45) is 0 Å². The van der Waals surface area contributed by atoms with Crippen molar-refractivity contribution in [1.82, 2.24) is 19.9 Å². The molecule has 28 heavy (non-hydrogen) atoms. The quantitative estimate of drug-likeness (QED) is 0.688. The number of nitrogens with zero attached hydrogens (tertiary/aromatic N) is 4. The number of nitrogens with two attached hydrogens (primary N) is 1. The van der Waals surface area contributed by atoms with Crippen LogP contribution in [0.4, 0.5) is 5.69 Å². The minimum atomic E-state index is 0.134. The van der Waals surface area contributed by atoms with Crippen LogP contribution in [0.5, 0.6) is 5.88 Å². The van der Waals surface area contributed by atoms with Crippen molar-refractivity contribution >= 4 is 5.69 Å². The Morgan fingerprint density at radius 1 is 1.07 bits per heavy atom. The summed E-state index contributed by atoms with van der Waals surface area (Å²) in [5.41, 5.74) is 11.0. The fraction of sp³-hybridized carbons (Fsp3) is 0.318. The first-order chi connectivity index (χ1) is 13.6. The Hall–Kier alpha value is -2.99. The van der Waals surface area contributed by atoms with E-state index in [1.807, 2.05) is 56.6 Å².